The molecule has 2 aromatic rings. The third-order valence-electron chi connectivity index (χ3n) is 4.13. The normalized spacial score (nSPS) is 10.6. The average molecular weight is 428 g/mol. The molecule has 0 unspecified atom stereocenters. The standard InChI is InChI=1S/C23H29N3O3S/c1-15(2)13-14-29-20-11-7-18(8-12-20)22(28)26-23(30)25-19-9-5-17(6-10-19)21(27)24-16(3)4/h5-12,15-16H,13-14H2,1-4H3,(H,24,27)(H2,25,26,28,30). The lowest BCUT2D eigenvalue weighted by Gasteiger charge is -2.12. The monoisotopic (exact) mass is 427 g/mol. The maximum absolute atomic E-state index is 12.4. The second-order valence-corrected chi connectivity index (χ2v) is 8.08. The van der Waals surface area contributed by atoms with E-state index in [0.717, 1.165) is 12.2 Å². The molecule has 30 heavy (non-hydrogen) atoms. The Hall–Kier alpha value is -2.93. The first-order chi connectivity index (χ1) is 14.2. The van der Waals surface area contributed by atoms with Crippen LogP contribution in [-0.4, -0.2) is 29.6 Å². The molecule has 2 amide bonds. The van der Waals surface area contributed by atoms with Gasteiger partial charge in [-0.25, -0.2) is 0 Å². The van der Waals surface area contributed by atoms with Crippen LogP contribution < -0.4 is 20.7 Å². The first-order valence-electron chi connectivity index (χ1n) is 10.0. The molecule has 0 radical (unpaired) electrons. The number of carbonyl (C=O) groups excluding carboxylic acids is 2. The Morgan fingerprint density at radius 1 is 0.900 bits per heavy atom. The van der Waals surface area contributed by atoms with Crippen molar-refractivity contribution in [3.8, 4) is 5.75 Å². The van der Waals surface area contributed by atoms with Crippen LogP contribution in [0.1, 0.15) is 54.8 Å². The molecular formula is C23H29N3O3S. The highest BCUT2D eigenvalue weighted by Crippen LogP contribution is 2.14. The molecule has 0 aliphatic heterocycles. The molecule has 0 aromatic heterocycles. The highest BCUT2D eigenvalue weighted by Gasteiger charge is 2.10. The van der Waals surface area contributed by atoms with Gasteiger partial charge in [-0.3, -0.25) is 14.9 Å². The fourth-order valence-corrected chi connectivity index (χ4v) is 2.71. The predicted octanol–water partition coefficient (Wildman–Crippen LogP) is 4.38. The van der Waals surface area contributed by atoms with Gasteiger partial charge < -0.3 is 15.4 Å². The number of amides is 2. The molecule has 2 rings (SSSR count). The summed E-state index contributed by atoms with van der Waals surface area (Å²) in [5, 5.41) is 8.60. The smallest absolute Gasteiger partial charge is 0.257 e. The van der Waals surface area contributed by atoms with Crippen molar-refractivity contribution < 1.29 is 14.3 Å². The molecule has 0 bridgehead atoms. The van der Waals surface area contributed by atoms with Crippen molar-refractivity contribution in [2.45, 2.75) is 40.2 Å². The van der Waals surface area contributed by atoms with E-state index in [4.69, 9.17) is 17.0 Å². The minimum atomic E-state index is -0.311. The highest BCUT2D eigenvalue weighted by molar-refractivity contribution is 7.80. The third-order valence-corrected chi connectivity index (χ3v) is 4.34. The van der Waals surface area contributed by atoms with Gasteiger partial charge in [0.05, 0.1) is 6.61 Å². The molecule has 6 nitrogen and oxygen atoms in total. The van der Waals surface area contributed by atoms with Crippen molar-refractivity contribution in [3.63, 3.8) is 0 Å². The van der Waals surface area contributed by atoms with Gasteiger partial charge in [-0.05, 0) is 86.9 Å². The zero-order valence-electron chi connectivity index (χ0n) is 17.8. The van der Waals surface area contributed by atoms with E-state index < -0.39 is 0 Å². The van der Waals surface area contributed by atoms with Crippen LogP contribution in [0.25, 0.3) is 0 Å². The van der Waals surface area contributed by atoms with Gasteiger partial charge in [0.15, 0.2) is 5.11 Å². The summed E-state index contributed by atoms with van der Waals surface area (Å²) in [6, 6.07) is 13.9. The molecule has 0 saturated heterocycles. The largest absolute Gasteiger partial charge is 0.494 e. The van der Waals surface area contributed by atoms with Crippen molar-refractivity contribution >= 4 is 34.8 Å². The minimum Gasteiger partial charge on any atom is -0.494 e. The number of anilines is 1. The van der Waals surface area contributed by atoms with Crippen LogP contribution >= 0.6 is 12.2 Å². The molecule has 0 spiro atoms. The van der Waals surface area contributed by atoms with Gasteiger partial charge >= 0.3 is 0 Å². The SMILES string of the molecule is CC(C)CCOc1ccc(C(=O)NC(=S)Nc2ccc(C(=O)NC(C)C)cc2)cc1. The van der Waals surface area contributed by atoms with Gasteiger partial charge in [0.1, 0.15) is 5.75 Å². The van der Waals surface area contributed by atoms with Crippen LogP contribution in [0.15, 0.2) is 48.5 Å². The summed E-state index contributed by atoms with van der Waals surface area (Å²) in [5.41, 5.74) is 1.71. The van der Waals surface area contributed by atoms with E-state index in [2.05, 4.69) is 29.8 Å². The molecule has 0 atom stereocenters. The molecule has 0 aliphatic carbocycles. The summed E-state index contributed by atoms with van der Waals surface area (Å²) in [7, 11) is 0. The molecule has 0 fully saturated rings. The second kappa shape index (κ2) is 11.3. The lowest BCUT2D eigenvalue weighted by molar-refractivity contribution is 0.0941. The molecule has 7 heteroatoms. The van der Waals surface area contributed by atoms with Crippen LogP contribution in [0.4, 0.5) is 5.69 Å². The van der Waals surface area contributed by atoms with Gasteiger partial charge in [0, 0.05) is 22.9 Å². The van der Waals surface area contributed by atoms with Gasteiger partial charge in [-0.15, -0.1) is 0 Å². The van der Waals surface area contributed by atoms with Crippen LogP contribution in [-0.2, 0) is 0 Å². The van der Waals surface area contributed by atoms with E-state index in [9.17, 15) is 9.59 Å². The van der Waals surface area contributed by atoms with E-state index in [1.807, 2.05) is 13.8 Å². The Kier molecular flexibility index (Phi) is 8.80. The topological polar surface area (TPSA) is 79.5 Å². The number of carbonyl (C=O) groups is 2. The van der Waals surface area contributed by atoms with Crippen molar-refractivity contribution in [1.29, 1.82) is 0 Å². The lowest BCUT2D eigenvalue weighted by atomic mass is 10.1. The number of ether oxygens (including phenoxy) is 1. The number of nitrogens with one attached hydrogen (secondary N) is 3. The first-order valence-corrected chi connectivity index (χ1v) is 10.4. The summed E-state index contributed by atoms with van der Waals surface area (Å²) < 4.78 is 5.66. The summed E-state index contributed by atoms with van der Waals surface area (Å²) >= 11 is 5.21. The van der Waals surface area contributed by atoms with E-state index in [1.54, 1.807) is 48.5 Å². The van der Waals surface area contributed by atoms with E-state index in [0.29, 0.717) is 29.3 Å². The molecule has 2 aromatic carbocycles. The van der Waals surface area contributed by atoms with Crippen molar-refractivity contribution in [3.05, 3.63) is 59.7 Å². The van der Waals surface area contributed by atoms with E-state index in [1.165, 1.54) is 0 Å². The van der Waals surface area contributed by atoms with Crippen LogP contribution in [0, 0.1) is 5.92 Å². The Labute approximate surface area is 183 Å². The summed E-state index contributed by atoms with van der Waals surface area (Å²) in [4.78, 5) is 24.4. The average Bonchev–Trinajstić information content (AvgIpc) is 2.68. The number of rotatable bonds is 8. The summed E-state index contributed by atoms with van der Waals surface area (Å²) in [5.74, 6) is 0.865. The van der Waals surface area contributed by atoms with Crippen LogP contribution in [0.3, 0.4) is 0 Å². The summed E-state index contributed by atoms with van der Waals surface area (Å²) in [6.45, 7) is 8.75. The number of thiocarbonyl (C=S) groups is 1. The molecule has 3 N–H and O–H groups in total. The number of hydrogen-bond acceptors (Lipinski definition) is 4. The molecule has 0 saturated carbocycles. The Bertz CT molecular complexity index is 862. The van der Waals surface area contributed by atoms with Gasteiger partial charge in [0.25, 0.3) is 11.8 Å². The quantitative estimate of drug-likeness (QED) is 0.545. The van der Waals surface area contributed by atoms with Crippen LogP contribution in [0.5, 0.6) is 5.75 Å². The number of benzene rings is 2. The zero-order valence-corrected chi connectivity index (χ0v) is 18.6. The second-order valence-electron chi connectivity index (χ2n) is 7.67. The van der Waals surface area contributed by atoms with E-state index in [-0.39, 0.29) is 23.0 Å². The van der Waals surface area contributed by atoms with E-state index >= 15 is 0 Å². The molecule has 160 valence electrons. The fourth-order valence-electron chi connectivity index (χ4n) is 2.50. The van der Waals surface area contributed by atoms with Gasteiger partial charge in [-0.2, -0.15) is 0 Å². The van der Waals surface area contributed by atoms with Crippen molar-refractivity contribution in [1.82, 2.24) is 10.6 Å². The number of hydrogen-bond donors (Lipinski definition) is 3. The zero-order chi connectivity index (χ0) is 22.1. The van der Waals surface area contributed by atoms with Crippen molar-refractivity contribution in [2.24, 2.45) is 5.92 Å². The fraction of sp³-hybridized carbons (Fsp3) is 0.348. The minimum absolute atomic E-state index is 0.0683. The predicted molar refractivity (Wildman–Crippen MR) is 124 cm³/mol. The van der Waals surface area contributed by atoms with Crippen molar-refractivity contribution in [2.75, 3.05) is 11.9 Å². The Balaban J connectivity index is 1.85. The van der Waals surface area contributed by atoms with Gasteiger partial charge in [-0.1, -0.05) is 13.8 Å². The maximum Gasteiger partial charge on any atom is 0.257 e. The Morgan fingerprint density at radius 2 is 1.47 bits per heavy atom. The molecule has 0 heterocycles. The van der Waals surface area contributed by atoms with Crippen LogP contribution in [0.2, 0.25) is 0 Å². The first kappa shape index (κ1) is 23.3. The lowest BCUT2D eigenvalue weighted by Crippen LogP contribution is -2.34. The maximum atomic E-state index is 12.4. The van der Waals surface area contributed by atoms with Gasteiger partial charge in [0.2, 0.25) is 0 Å². The highest BCUT2D eigenvalue weighted by atomic mass is 32.1. The molecule has 0 aliphatic rings. The molecular weight excluding hydrogens is 398 g/mol. The third kappa shape index (κ3) is 7.83. The summed E-state index contributed by atoms with van der Waals surface area (Å²) in [6.07, 6.45) is 0.978. The Morgan fingerprint density at radius 3 is 2.03 bits per heavy atom.